The molecule has 0 spiro atoms. The lowest BCUT2D eigenvalue weighted by Crippen LogP contribution is -2.08. The Morgan fingerprint density at radius 2 is 2.10 bits per heavy atom. The fraction of sp³-hybridized carbons (Fsp3) is 0.409. The minimum atomic E-state index is -0.380. The van der Waals surface area contributed by atoms with Crippen molar-refractivity contribution in [3.8, 4) is 17.0 Å². The molecule has 0 N–H and O–H groups in total. The Labute approximate surface area is 177 Å². The second kappa shape index (κ2) is 7.43. The van der Waals surface area contributed by atoms with E-state index >= 15 is 0 Å². The van der Waals surface area contributed by atoms with Gasteiger partial charge in [-0.2, -0.15) is 0 Å². The first-order valence-electron chi connectivity index (χ1n) is 10.2. The number of nitro groups is 1. The number of methoxy groups -OCH3 is 1. The molecule has 1 saturated carbocycles. The molecule has 1 aromatic carbocycles. The molecule has 3 heterocycles. The van der Waals surface area contributed by atoms with E-state index in [1.54, 1.807) is 6.07 Å². The van der Waals surface area contributed by atoms with Crippen molar-refractivity contribution in [1.29, 1.82) is 0 Å². The maximum atomic E-state index is 12.2. The van der Waals surface area contributed by atoms with Crippen LogP contribution in [0.4, 0.5) is 5.69 Å². The van der Waals surface area contributed by atoms with Gasteiger partial charge in [-0.3, -0.25) is 10.1 Å². The van der Waals surface area contributed by atoms with Crippen LogP contribution >= 0.6 is 11.3 Å². The summed E-state index contributed by atoms with van der Waals surface area (Å²) in [5.41, 5.74) is 3.97. The summed E-state index contributed by atoms with van der Waals surface area (Å²) in [6, 6.07) is 7.03. The zero-order valence-electron chi connectivity index (χ0n) is 16.7. The molecule has 2 aliphatic rings. The molecule has 1 fully saturated rings. The molecule has 0 amide bonds. The maximum absolute atomic E-state index is 12.2. The fourth-order valence-corrected chi connectivity index (χ4v) is 6.09. The van der Waals surface area contributed by atoms with E-state index in [0.29, 0.717) is 29.7 Å². The minimum absolute atomic E-state index is 0.00431. The summed E-state index contributed by atoms with van der Waals surface area (Å²) in [6.45, 7) is 0.907. The molecule has 0 bridgehead atoms. The van der Waals surface area contributed by atoms with Crippen molar-refractivity contribution < 1.29 is 19.2 Å². The number of para-hydroxylation sites is 1. The third-order valence-electron chi connectivity index (χ3n) is 6.18. The molecule has 2 aromatic heterocycles. The van der Waals surface area contributed by atoms with Crippen LogP contribution < -0.4 is 4.74 Å². The highest BCUT2D eigenvalue weighted by molar-refractivity contribution is 7.21. The number of carbonyl (C=O) groups is 1. The summed E-state index contributed by atoms with van der Waals surface area (Å²) >= 11 is 1.47. The molecule has 0 saturated heterocycles. The van der Waals surface area contributed by atoms with Crippen molar-refractivity contribution in [2.45, 2.75) is 44.6 Å². The van der Waals surface area contributed by atoms with E-state index < -0.39 is 0 Å². The van der Waals surface area contributed by atoms with Crippen LogP contribution in [-0.4, -0.2) is 29.2 Å². The van der Waals surface area contributed by atoms with Crippen LogP contribution in [0.25, 0.3) is 21.5 Å². The van der Waals surface area contributed by atoms with E-state index in [1.807, 2.05) is 12.1 Å². The lowest BCUT2D eigenvalue weighted by molar-refractivity contribution is -0.385. The van der Waals surface area contributed by atoms with E-state index in [1.165, 1.54) is 49.3 Å². The lowest BCUT2D eigenvalue weighted by Gasteiger charge is -2.23. The second-order valence-electron chi connectivity index (χ2n) is 7.82. The van der Waals surface area contributed by atoms with Crippen LogP contribution in [0.2, 0.25) is 0 Å². The number of rotatable bonds is 3. The molecule has 0 unspecified atom stereocenters. The number of benzene rings is 1. The molecule has 1 aliphatic heterocycles. The predicted molar refractivity (Wildman–Crippen MR) is 115 cm³/mol. The highest BCUT2D eigenvalue weighted by Crippen LogP contribution is 2.50. The summed E-state index contributed by atoms with van der Waals surface area (Å²) in [6.07, 6.45) is 5.75. The van der Waals surface area contributed by atoms with Crippen molar-refractivity contribution in [2.24, 2.45) is 0 Å². The average molecular weight is 426 g/mol. The monoisotopic (exact) mass is 426 g/mol. The van der Waals surface area contributed by atoms with Gasteiger partial charge in [0.05, 0.1) is 34.5 Å². The molecule has 1 aliphatic carbocycles. The number of aromatic nitrogens is 1. The van der Waals surface area contributed by atoms with E-state index in [4.69, 9.17) is 9.47 Å². The van der Waals surface area contributed by atoms with Crippen molar-refractivity contribution in [3.05, 3.63) is 44.8 Å². The molecule has 7 nitrogen and oxygen atoms in total. The van der Waals surface area contributed by atoms with Gasteiger partial charge in [0.25, 0.3) is 0 Å². The molecule has 8 heteroatoms. The predicted octanol–water partition coefficient (Wildman–Crippen LogP) is 5.50. The summed E-state index contributed by atoms with van der Waals surface area (Å²) < 4.78 is 14.1. The number of esters is 1. The Hall–Kier alpha value is -2.87. The molecular formula is C22H22N2O5S. The first kappa shape index (κ1) is 19.1. The molecule has 30 heavy (non-hydrogen) atoms. The average Bonchev–Trinajstić information content (AvgIpc) is 3.25. The molecule has 5 rings (SSSR count). The minimum Gasteiger partial charge on any atom is -0.484 e. The van der Waals surface area contributed by atoms with Gasteiger partial charge in [0.15, 0.2) is 0 Å². The van der Waals surface area contributed by atoms with Crippen molar-refractivity contribution in [3.63, 3.8) is 0 Å². The topological polar surface area (TPSA) is 83.6 Å². The van der Waals surface area contributed by atoms with Crippen LogP contribution in [0.5, 0.6) is 5.75 Å². The standard InChI is InChI=1S/C22H22N2O5S/c1-28-22(25)17-12-16-21(30-17)18(13-6-3-2-4-7-13)19-14-8-5-9-15(24(26)27)20(14)29-11-10-23(16)19/h5,8-9,12-13H,2-4,6-7,10-11H2,1H3. The Morgan fingerprint density at radius 1 is 1.30 bits per heavy atom. The molecular weight excluding hydrogens is 404 g/mol. The lowest BCUT2D eigenvalue weighted by atomic mass is 9.83. The number of hydrogen-bond donors (Lipinski definition) is 0. The number of nitro benzene ring substituents is 1. The van der Waals surface area contributed by atoms with Gasteiger partial charge in [0, 0.05) is 11.6 Å². The Bertz CT molecular complexity index is 1160. The van der Waals surface area contributed by atoms with Crippen LogP contribution in [0.3, 0.4) is 0 Å². The molecule has 156 valence electrons. The smallest absolute Gasteiger partial charge is 0.348 e. The Morgan fingerprint density at radius 3 is 2.83 bits per heavy atom. The number of ether oxygens (including phenoxy) is 2. The van der Waals surface area contributed by atoms with Crippen molar-refractivity contribution in [2.75, 3.05) is 13.7 Å². The van der Waals surface area contributed by atoms with E-state index in [-0.39, 0.29) is 16.6 Å². The van der Waals surface area contributed by atoms with Crippen molar-refractivity contribution >= 4 is 33.2 Å². The zero-order valence-corrected chi connectivity index (χ0v) is 17.5. The third-order valence-corrected chi connectivity index (χ3v) is 7.32. The van der Waals surface area contributed by atoms with Crippen LogP contribution in [-0.2, 0) is 11.3 Å². The van der Waals surface area contributed by atoms with Gasteiger partial charge in [-0.25, -0.2) is 4.79 Å². The molecule has 3 aromatic rings. The van der Waals surface area contributed by atoms with Crippen molar-refractivity contribution in [1.82, 2.24) is 4.57 Å². The SMILES string of the molecule is COC(=O)c1cc2c(s1)c(C1CCCCC1)c1n2CCOc2c-1cccc2[N+](=O)[O-]. The summed E-state index contributed by atoms with van der Waals surface area (Å²) in [7, 11) is 1.39. The van der Waals surface area contributed by atoms with Gasteiger partial charge in [-0.15, -0.1) is 11.3 Å². The van der Waals surface area contributed by atoms with Gasteiger partial charge in [0.2, 0.25) is 5.75 Å². The van der Waals surface area contributed by atoms with Gasteiger partial charge in [-0.1, -0.05) is 25.3 Å². The fourth-order valence-electron chi connectivity index (χ4n) is 4.89. The summed E-state index contributed by atoms with van der Waals surface area (Å²) in [4.78, 5) is 24.0. The van der Waals surface area contributed by atoms with E-state index in [2.05, 4.69) is 4.57 Å². The van der Waals surface area contributed by atoms with Gasteiger partial charge in [-0.05, 0) is 36.5 Å². The maximum Gasteiger partial charge on any atom is 0.348 e. The normalized spacial score (nSPS) is 16.4. The Balaban J connectivity index is 1.81. The third kappa shape index (κ3) is 2.89. The summed E-state index contributed by atoms with van der Waals surface area (Å²) in [5.74, 6) is 0.379. The van der Waals surface area contributed by atoms with Gasteiger partial charge >= 0.3 is 11.7 Å². The number of fused-ring (bicyclic) bond motifs is 5. The number of nitrogens with zero attached hydrogens (tertiary/aromatic N) is 2. The van der Waals surface area contributed by atoms with E-state index in [0.717, 1.165) is 34.3 Å². The first-order chi connectivity index (χ1) is 14.6. The second-order valence-corrected chi connectivity index (χ2v) is 8.88. The largest absolute Gasteiger partial charge is 0.484 e. The zero-order chi connectivity index (χ0) is 20.8. The molecule has 0 atom stereocenters. The summed E-state index contributed by atoms with van der Waals surface area (Å²) in [5, 5.41) is 11.6. The van der Waals surface area contributed by atoms with Gasteiger partial charge in [0.1, 0.15) is 11.5 Å². The van der Waals surface area contributed by atoms with Crippen LogP contribution in [0.15, 0.2) is 24.3 Å². The van der Waals surface area contributed by atoms with E-state index in [9.17, 15) is 14.9 Å². The first-order valence-corrected chi connectivity index (χ1v) is 11.1. The highest BCUT2D eigenvalue weighted by atomic mass is 32.1. The Kier molecular flexibility index (Phi) is 4.73. The highest BCUT2D eigenvalue weighted by Gasteiger charge is 2.33. The van der Waals surface area contributed by atoms with Crippen LogP contribution in [0.1, 0.15) is 53.3 Å². The molecule has 0 radical (unpaired) electrons. The number of thiophene rings is 1. The van der Waals surface area contributed by atoms with Crippen LogP contribution in [0, 0.1) is 10.1 Å². The quantitative estimate of drug-likeness (QED) is 0.313. The number of carbonyl (C=O) groups excluding carboxylic acids is 1. The number of hydrogen-bond acceptors (Lipinski definition) is 6. The van der Waals surface area contributed by atoms with Gasteiger partial charge < -0.3 is 14.0 Å².